The average Bonchev–Trinajstić information content (AvgIpc) is 2.88. The molecular weight excluding hydrogens is 255 g/mol. The maximum Gasteiger partial charge on any atom is 0.310 e. The molecule has 1 saturated carbocycles. The van der Waals surface area contributed by atoms with Gasteiger partial charge >= 0.3 is 5.97 Å². The van der Waals surface area contributed by atoms with Gasteiger partial charge in [0.25, 0.3) is 0 Å². The lowest BCUT2D eigenvalue weighted by atomic mass is 10.1. The maximum atomic E-state index is 13.5. The summed E-state index contributed by atoms with van der Waals surface area (Å²) in [5.41, 5.74) is 1.55. The van der Waals surface area contributed by atoms with Crippen LogP contribution in [0.3, 0.4) is 0 Å². The predicted octanol–water partition coefficient (Wildman–Crippen LogP) is 4.11. The van der Waals surface area contributed by atoms with Crippen molar-refractivity contribution in [2.24, 2.45) is 17.3 Å². The second-order valence-electron chi connectivity index (χ2n) is 6.27. The van der Waals surface area contributed by atoms with E-state index in [1.807, 2.05) is 13.8 Å². The first-order valence-electron chi connectivity index (χ1n) is 6.89. The molecule has 2 atom stereocenters. The summed E-state index contributed by atoms with van der Waals surface area (Å²) in [6.45, 7) is 8.17. The Labute approximate surface area is 119 Å². The normalized spacial score (nSPS) is 23.1. The van der Waals surface area contributed by atoms with Crippen molar-refractivity contribution in [2.75, 3.05) is 0 Å². The molecule has 0 bridgehead atoms. The first-order valence-corrected chi connectivity index (χ1v) is 6.89. The zero-order valence-corrected chi connectivity index (χ0v) is 12.4. The molecule has 1 fully saturated rings. The van der Waals surface area contributed by atoms with E-state index in [1.54, 1.807) is 18.2 Å². The lowest BCUT2D eigenvalue weighted by Gasteiger charge is -2.06. The van der Waals surface area contributed by atoms with Gasteiger partial charge in [0.05, 0.1) is 5.92 Å². The molecule has 0 aliphatic heterocycles. The SMILES string of the molecule is CC(C)=CC1C(C(=O)OCc2ccccc2F)C1(C)C. The van der Waals surface area contributed by atoms with Gasteiger partial charge in [0.1, 0.15) is 12.4 Å². The summed E-state index contributed by atoms with van der Waals surface area (Å²) in [6, 6.07) is 6.36. The van der Waals surface area contributed by atoms with E-state index in [0.717, 1.165) is 0 Å². The summed E-state index contributed by atoms with van der Waals surface area (Å²) in [4.78, 5) is 12.1. The van der Waals surface area contributed by atoms with Crippen molar-refractivity contribution < 1.29 is 13.9 Å². The Bertz CT molecular complexity index is 542. The smallest absolute Gasteiger partial charge is 0.310 e. The highest BCUT2D eigenvalue weighted by atomic mass is 19.1. The molecule has 1 aliphatic rings. The van der Waals surface area contributed by atoms with Crippen molar-refractivity contribution in [3.8, 4) is 0 Å². The van der Waals surface area contributed by atoms with Gasteiger partial charge in [-0.3, -0.25) is 4.79 Å². The van der Waals surface area contributed by atoms with Gasteiger partial charge in [-0.25, -0.2) is 4.39 Å². The van der Waals surface area contributed by atoms with Crippen LogP contribution in [0, 0.1) is 23.1 Å². The number of esters is 1. The molecule has 108 valence electrons. The highest BCUT2D eigenvalue weighted by Crippen LogP contribution is 2.59. The summed E-state index contributed by atoms with van der Waals surface area (Å²) in [6.07, 6.45) is 2.12. The van der Waals surface area contributed by atoms with Crippen molar-refractivity contribution in [3.05, 3.63) is 47.3 Å². The first-order chi connectivity index (χ1) is 9.34. The van der Waals surface area contributed by atoms with Gasteiger partial charge in [-0.1, -0.05) is 43.7 Å². The zero-order chi connectivity index (χ0) is 14.9. The number of hydrogen-bond acceptors (Lipinski definition) is 2. The topological polar surface area (TPSA) is 26.3 Å². The molecule has 0 heterocycles. The fourth-order valence-corrected chi connectivity index (χ4v) is 2.65. The van der Waals surface area contributed by atoms with E-state index in [4.69, 9.17) is 4.74 Å². The van der Waals surface area contributed by atoms with Crippen LogP contribution in [0.15, 0.2) is 35.9 Å². The summed E-state index contributed by atoms with van der Waals surface area (Å²) in [7, 11) is 0. The Morgan fingerprint density at radius 3 is 2.60 bits per heavy atom. The van der Waals surface area contributed by atoms with E-state index in [0.29, 0.717) is 5.56 Å². The highest BCUT2D eigenvalue weighted by Gasteiger charge is 2.61. The number of halogens is 1. The summed E-state index contributed by atoms with van der Waals surface area (Å²) < 4.78 is 18.7. The van der Waals surface area contributed by atoms with Crippen LogP contribution in [0.4, 0.5) is 4.39 Å². The minimum absolute atomic E-state index is 0.000369. The molecule has 2 nitrogen and oxygen atoms in total. The molecule has 0 radical (unpaired) electrons. The Morgan fingerprint density at radius 2 is 2.00 bits per heavy atom. The van der Waals surface area contributed by atoms with Crippen molar-refractivity contribution in [1.82, 2.24) is 0 Å². The number of allylic oxidation sites excluding steroid dienone is 2. The van der Waals surface area contributed by atoms with Gasteiger partial charge in [-0.15, -0.1) is 0 Å². The molecule has 0 aromatic heterocycles. The zero-order valence-electron chi connectivity index (χ0n) is 12.4. The summed E-state index contributed by atoms with van der Waals surface area (Å²) in [5.74, 6) is -0.471. The molecule has 0 spiro atoms. The maximum absolute atomic E-state index is 13.5. The van der Waals surface area contributed by atoms with Crippen LogP contribution in [0.2, 0.25) is 0 Å². The molecule has 2 unspecified atom stereocenters. The van der Waals surface area contributed by atoms with Gasteiger partial charge < -0.3 is 4.74 Å². The predicted molar refractivity (Wildman–Crippen MR) is 76.4 cm³/mol. The third-order valence-corrected chi connectivity index (χ3v) is 4.01. The largest absolute Gasteiger partial charge is 0.460 e. The van der Waals surface area contributed by atoms with Crippen LogP contribution in [0.5, 0.6) is 0 Å². The monoisotopic (exact) mass is 276 g/mol. The van der Waals surface area contributed by atoms with Crippen LogP contribution in [0.25, 0.3) is 0 Å². The van der Waals surface area contributed by atoms with E-state index in [9.17, 15) is 9.18 Å². The van der Waals surface area contributed by atoms with E-state index < -0.39 is 0 Å². The number of carbonyl (C=O) groups is 1. The first kappa shape index (κ1) is 14.8. The molecule has 2 rings (SSSR count). The highest BCUT2D eigenvalue weighted by molar-refractivity contribution is 5.78. The molecule has 1 aromatic rings. The molecule has 0 saturated heterocycles. The lowest BCUT2D eigenvalue weighted by Crippen LogP contribution is -2.11. The Hall–Kier alpha value is -1.64. The second-order valence-corrected chi connectivity index (χ2v) is 6.27. The molecule has 3 heteroatoms. The van der Waals surface area contributed by atoms with Crippen molar-refractivity contribution >= 4 is 5.97 Å². The third kappa shape index (κ3) is 2.92. The summed E-state index contributed by atoms with van der Waals surface area (Å²) in [5, 5.41) is 0. The number of carbonyl (C=O) groups excluding carboxylic acids is 1. The minimum atomic E-state index is -0.337. The van der Waals surface area contributed by atoms with Gasteiger partial charge in [0, 0.05) is 5.56 Å². The lowest BCUT2D eigenvalue weighted by molar-refractivity contribution is -0.147. The van der Waals surface area contributed by atoms with Crippen LogP contribution in [-0.2, 0) is 16.1 Å². The Balaban J connectivity index is 1.97. The van der Waals surface area contributed by atoms with E-state index in [2.05, 4.69) is 19.9 Å². The molecular formula is C17H21FO2. The average molecular weight is 276 g/mol. The van der Waals surface area contributed by atoms with E-state index >= 15 is 0 Å². The van der Waals surface area contributed by atoms with Gasteiger partial charge in [-0.05, 0) is 31.2 Å². The Kier molecular flexibility index (Phi) is 3.98. The molecule has 20 heavy (non-hydrogen) atoms. The molecule has 0 N–H and O–H groups in total. The van der Waals surface area contributed by atoms with Gasteiger partial charge in [0.15, 0.2) is 0 Å². The van der Waals surface area contributed by atoms with E-state index in [1.165, 1.54) is 11.6 Å². The van der Waals surface area contributed by atoms with Crippen LogP contribution in [-0.4, -0.2) is 5.97 Å². The van der Waals surface area contributed by atoms with Crippen molar-refractivity contribution in [1.29, 1.82) is 0 Å². The second kappa shape index (κ2) is 5.39. The van der Waals surface area contributed by atoms with Crippen LogP contribution < -0.4 is 0 Å². The van der Waals surface area contributed by atoms with Gasteiger partial charge in [0.2, 0.25) is 0 Å². The number of benzene rings is 1. The van der Waals surface area contributed by atoms with Gasteiger partial charge in [-0.2, -0.15) is 0 Å². The molecule has 0 amide bonds. The molecule has 1 aromatic carbocycles. The number of rotatable bonds is 4. The van der Waals surface area contributed by atoms with Crippen LogP contribution in [0.1, 0.15) is 33.3 Å². The minimum Gasteiger partial charge on any atom is -0.460 e. The summed E-state index contributed by atoms with van der Waals surface area (Å²) >= 11 is 0. The number of ether oxygens (including phenoxy) is 1. The van der Waals surface area contributed by atoms with Crippen molar-refractivity contribution in [2.45, 2.75) is 34.3 Å². The van der Waals surface area contributed by atoms with E-state index in [-0.39, 0.29) is 35.6 Å². The molecule has 1 aliphatic carbocycles. The number of hydrogen-bond donors (Lipinski definition) is 0. The fourth-order valence-electron chi connectivity index (χ4n) is 2.65. The quantitative estimate of drug-likeness (QED) is 0.611. The fraction of sp³-hybridized carbons (Fsp3) is 0.471. The standard InChI is InChI=1S/C17H21FO2/c1-11(2)9-13-15(17(13,3)4)16(19)20-10-12-7-5-6-8-14(12)18/h5-9,13,15H,10H2,1-4H3. The third-order valence-electron chi connectivity index (χ3n) is 4.01. The van der Waals surface area contributed by atoms with Crippen LogP contribution >= 0.6 is 0 Å². The Morgan fingerprint density at radius 1 is 1.35 bits per heavy atom. The van der Waals surface area contributed by atoms with Crippen molar-refractivity contribution in [3.63, 3.8) is 0 Å².